The van der Waals surface area contributed by atoms with Gasteiger partial charge in [-0.2, -0.15) is 4.98 Å². The van der Waals surface area contributed by atoms with E-state index in [1.165, 1.54) is 38.5 Å². The van der Waals surface area contributed by atoms with Crippen LogP contribution in [-0.4, -0.2) is 22.7 Å². The molecule has 4 heteroatoms. The second-order valence-electron chi connectivity index (χ2n) is 5.37. The van der Waals surface area contributed by atoms with Gasteiger partial charge in [-0.15, -0.1) is 0 Å². The highest BCUT2D eigenvalue weighted by Gasteiger charge is 2.31. The van der Waals surface area contributed by atoms with Gasteiger partial charge in [-0.05, 0) is 45.1 Å². The van der Waals surface area contributed by atoms with Gasteiger partial charge >= 0.3 is 0 Å². The SMILES string of the molecule is CCNC1CCC(c2nc(C3CC3)no2)CC1. The highest BCUT2D eigenvalue weighted by molar-refractivity contribution is 5.05. The molecule has 2 saturated carbocycles. The third-order valence-electron chi connectivity index (χ3n) is 3.97. The molecule has 0 atom stereocenters. The van der Waals surface area contributed by atoms with Crippen LogP contribution in [0.1, 0.15) is 69.0 Å². The van der Waals surface area contributed by atoms with Gasteiger partial charge in [0.25, 0.3) is 0 Å². The summed E-state index contributed by atoms with van der Waals surface area (Å²) in [7, 11) is 0. The third kappa shape index (κ3) is 2.51. The average Bonchev–Trinajstić information content (AvgIpc) is 3.09. The summed E-state index contributed by atoms with van der Waals surface area (Å²) in [6, 6.07) is 0.696. The Bertz CT molecular complexity index is 364. The van der Waals surface area contributed by atoms with Gasteiger partial charge in [0, 0.05) is 17.9 Å². The summed E-state index contributed by atoms with van der Waals surface area (Å²) in [4.78, 5) is 4.57. The summed E-state index contributed by atoms with van der Waals surface area (Å²) in [5.41, 5.74) is 0. The van der Waals surface area contributed by atoms with E-state index >= 15 is 0 Å². The predicted octanol–water partition coefficient (Wildman–Crippen LogP) is 2.58. The lowest BCUT2D eigenvalue weighted by atomic mass is 9.86. The largest absolute Gasteiger partial charge is 0.339 e. The zero-order chi connectivity index (χ0) is 11.7. The fourth-order valence-electron chi connectivity index (χ4n) is 2.75. The van der Waals surface area contributed by atoms with Crippen LogP contribution in [0.3, 0.4) is 0 Å². The lowest BCUT2D eigenvalue weighted by molar-refractivity contribution is 0.284. The number of hydrogen-bond acceptors (Lipinski definition) is 4. The van der Waals surface area contributed by atoms with Crippen molar-refractivity contribution >= 4 is 0 Å². The molecular weight excluding hydrogens is 214 g/mol. The fourth-order valence-corrected chi connectivity index (χ4v) is 2.75. The smallest absolute Gasteiger partial charge is 0.229 e. The van der Waals surface area contributed by atoms with E-state index in [4.69, 9.17) is 4.52 Å². The molecule has 1 aromatic heterocycles. The summed E-state index contributed by atoms with van der Waals surface area (Å²) < 4.78 is 5.42. The van der Waals surface area contributed by atoms with E-state index in [-0.39, 0.29) is 0 Å². The van der Waals surface area contributed by atoms with Crippen LogP contribution in [0.5, 0.6) is 0 Å². The summed E-state index contributed by atoms with van der Waals surface area (Å²) in [5, 5.41) is 7.63. The van der Waals surface area contributed by atoms with Crippen molar-refractivity contribution in [2.24, 2.45) is 0 Å². The number of rotatable bonds is 4. The topological polar surface area (TPSA) is 51.0 Å². The Kier molecular flexibility index (Phi) is 3.14. The van der Waals surface area contributed by atoms with Crippen LogP contribution in [-0.2, 0) is 0 Å². The van der Waals surface area contributed by atoms with Crippen LogP contribution in [0.25, 0.3) is 0 Å². The monoisotopic (exact) mass is 235 g/mol. The minimum atomic E-state index is 0.505. The van der Waals surface area contributed by atoms with Crippen molar-refractivity contribution in [3.8, 4) is 0 Å². The Hall–Kier alpha value is -0.900. The molecule has 2 aliphatic carbocycles. The molecule has 1 aromatic rings. The maximum atomic E-state index is 5.42. The first kappa shape index (κ1) is 11.2. The zero-order valence-corrected chi connectivity index (χ0v) is 10.5. The van der Waals surface area contributed by atoms with Crippen molar-refractivity contribution in [2.45, 2.75) is 63.3 Å². The van der Waals surface area contributed by atoms with Crippen molar-refractivity contribution < 1.29 is 4.52 Å². The molecule has 0 radical (unpaired) electrons. The van der Waals surface area contributed by atoms with E-state index in [0.29, 0.717) is 17.9 Å². The van der Waals surface area contributed by atoms with Gasteiger partial charge < -0.3 is 9.84 Å². The maximum absolute atomic E-state index is 5.42. The van der Waals surface area contributed by atoms with Gasteiger partial charge in [-0.1, -0.05) is 12.1 Å². The molecule has 2 aliphatic rings. The molecule has 0 aliphatic heterocycles. The molecule has 2 fully saturated rings. The van der Waals surface area contributed by atoms with Gasteiger partial charge in [0.05, 0.1) is 0 Å². The molecule has 4 nitrogen and oxygen atoms in total. The Balaban J connectivity index is 1.57. The average molecular weight is 235 g/mol. The first-order valence-electron chi connectivity index (χ1n) is 6.93. The molecule has 17 heavy (non-hydrogen) atoms. The standard InChI is InChI=1S/C13H21N3O/c1-2-14-11-7-5-10(6-8-11)13-15-12(16-17-13)9-3-4-9/h9-11,14H,2-8H2,1H3. The molecule has 0 amide bonds. The van der Waals surface area contributed by atoms with Crippen LogP contribution < -0.4 is 5.32 Å². The van der Waals surface area contributed by atoms with E-state index in [1.807, 2.05) is 0 Å². The van der Waals surface area contributed by atoms with E-state index in [1.54, 1.807) is 0 Å². The zero-order valence-electron chi connectivity index (χ0n) is 10.5. The van der Waals surface area contributed by atoms with E-state index in [9.17, 15) is 0 Å². The molecule has 1 heterocycles. The van der Waals surface area contributed by atoms with Crippen LogP contribution >= 0.6 is 0 Å². The number of nitrogens with zero attached hydrogens (tertiary/aromatic N) is 2. The van der Waals surface area contributed by atoms with Crippen LogP contribution in [0.4, 0.5) is 0 Å². The van der Waals surface area contributed by atoms with Crippen molar-refractivity contribution in [3.05, 3.63) is 11.7 Å². The van der Waals surface area contributed by atoms with E-state index in [2.05, 4.69) is 22.4 Å². The van der Waals surface area contributed by atoms with Crippen LogP contribution in [0.15, 0.2) is 4.52 Å². The number of aromatic nitrogens is 2. The van der Waals surface area contributed by atoms with Gasteiger partial charge in [0.15, 0.2) is 5.82 Å². The molecule has 3 rings (SSSR count). The Labute approximate surface area is 102 Å². The highest BCUT2D eigenvalue weighted by atomic mass is 16.5. The summed E-state index contributed by atoms with van der Waals surface area (Å²) in [6.45, 7) is 3.24. The quantitative estimate of drug-likeness (QED) is 0.871. The Morgan fingerprint density at radius 3 is 2.47 bits per heavy atom. The van der Waals surface area contributed by atoms with Crippen molar-refractivity contribution in [1.82, 2.24) is 15.5 Å². The lowest BCUT2D eigenvalue weighted by Crippen LogP contribution is -2.32. The second kappa shape index (κ2) is 4.77. The number of hydrogen-bond donors (Lipinski definition) is 1. The van der Waals surface area contributed by atoms with Crippen molar-refractivity contribution in [2.75, 3.05) is 6.54 Å². The molecule has 0 spiro atoms. The van der Waals surface area contributed by atoms with E-state index in [0.717, 1.165) is 18.3 Å². The van der Waals surface area contributed by atoms with E-state index < -0.39 is 0 Å². The number of nitrogens with one attached hydrogen (secondary N) is 1. The molecule has 0 aromatic carbocycles. The first-order chi connectivity index (χ1) is 8.36. The first-order valence-corrected chi connectivity index (χ1v) is 6.93. The minimum absolute atomic E-state index is 0.505. The van der Waals surface area contributed by atoms with Crippen molar-refractivity contribution in [1.29, 1.82) is 0 Å². The summed E-state index contributed by atoms with van der Waals surface area (Å²) in [6.07, 6.45) is 7.32. The maximum Gasteiger partial charge on any atom is 0.229 e. The fraction of sp³-hybridized carbons (Fsp3) is 0.846. The molecule has 0 bridgehead atoms. The van der Waals surface area contributed by atoms with Gasteiger partial charge in [0.2, 0.25) is 5.89 Å². The molecular formula is C13H21N3O. The molecule has 94 valence electrons. The van der Waals surface area contributed by atoms with Crippen LogP contribution in [0.2, 0.25) is 0 Å². The normalized spacial score (nSPS) is 29.5. The van der Waals surface area contributed by atoms with Crippen LogP contribution in [0, 0.1) is 0 Å². The van der Waals surface area contributed by atoms with Gasteiger partial charge in [0.1, 0.15) is 0 Å². The van der Waals surface area contributed by atoms with Gasteiger partial charge in [-0.3, -0.25) is 0 Å². The lowest BCUT2D eigenvalue weighted by Gasteiger charge is -2.26. The summed E-state index contributed by atoms with van der Waals surface area (Å²) in [5.74, 6) is 2.95. The third-order valence-corrected chi connectivity index (χ3v) is 3.97. The predicted molar refractivity (Wildman–Crippen MR) is 64.9 cm³/mol. The second-order valence-corrected chi connectivity index (χ2v) is 5.37. The van der Waals surface area contributed by atoms with Crippen molar-refractivity contribution in [3.63, 3.8) is 0 Å². The molecule has 0 unspecified atom stereocenters. The minimum Gasteiger partial charge on any atom is -0.339 e. The molecule has 0 saturated heterocycles. The molecule has 1 N–H and O–H groups in total. The van der Waals surface area contributed by atoms with Gasteiger partial charge in [-0.25, -0.2) is 0 Å². The Morgan fingerprint density at radius 1 is 1.12 bits per heavy atom. The summed E-state index contributed by atoms with van der Waals surface area (Å²) >= 11 is 0. The highest BCUT2D eigenvalue weighted by Crippen LogP contribution is 2.39. The Morgan fingerprint density at radius 2 is 1.82 bits per heavy atom.